The number of nitrogens with zero attached hydrogens (tertiary/aromatic N) is 4. The third-order valence-corrected chi connectivity index (χ3v) is 5.87. The number of hydrogen-bond acceptors (Lipinski definition) is 4. The Morgan fingerprint density at radius 1 is 1.32 bits per heavy atom. The average Bonchev–Trinajstić information content (AvgIpc) is 3.12. The van der Waals surface area contributed by atoms with Gasteiger partial charge in [-0.05, 0) is 42.7 Å². The SMILES string of the molecule is Cc1nn(CC(=O)N2CC(C)CC(C)C2)c(=O)c2cc3ccsc3n12. The molecule has 0 radical (unpaired) electrons. The van der Waals surface area contributed by atoms with Crippen LogP contribution < -0.4 is 5.56 Å². The summed E-state index contributed by atoms with van der Waals surface area (Å²) in [7, 11) is 0. The lowest BCUT2D eigenvalue weighted by Gasteiger charge is -2.35. The van der Waals surface area contributed by atoms with Crippen LogP contribution in [0, 0.1) is 18.8 Å². The lowest BCUT2D eigenvalue weighted by molar-refractivity contribution is -0.134. The molecular weight excluding hydrogens is 336 g/mol. The van der Waals surface area contributed by atoms with E-state index in [-0.39, 0.29) is 18.0 Å². The van der Waals surface area contributed by atoms with Gasteiger partial charge in [0.2, 0.25) is 5.91 Å². The number of aryl methyl sites for hydroxylation is 1. The molecule has 25 heavy (non-hydrogen) atoms. The van der Waals surface area contributed by atoms with E-state index in [1.165, 1.54) is 4.68 Å². The van der Waals surface area contributed by atoms with Crippen molar-refractivity contribution in [3.05, 3.63) is 33.7 Å². The summed E-state index contributed by atoms with van der Waals surface area (Å²) >= 11 is 1.59. The van der Waals surface area contributed by atoms with Gasteiger partial charge in [0, 0.05) is 18.5 Å². The molecule has 1 fully saturated rings. The number of rotatable bonds is 2. The quantitative estimate of drug-likeness (QED) is 0.707. The van der Waals surface area contributed by atoms with E-state index in [1.807, 2.05) is 33.7 Å². The fraction of sp³-hybridized carbons (Fsp3) is 0.500. The first-order chi connectivity index (χ1) is 11.9. The predicted molar refractivity (Wildman–Crippen MR) is 99.1 cm³/mol. The van der Waals surface area contributed by atoms with Gasteiger partial charge >= 0.3 is 0 Å². The molecule has 1 saturated heterocycles. The molecule has 0 aromatic carbocycles. The molecule has 7 heteroatoms. The molecule has 1 aliphatic rings. The lowest BCUT2D eigenvalue weighted by atomic mass is 9.92. The highest BCUT2D eigenvalue weighted by Gasteiger charge is 2.26. The van der Waals surface area contributed by atoms with Crippen molar-refractivity contribution in [2.45, 2.75) is 33.7 Å². The molecule has 0 N–H and O–H groups in total. The summed E-state index contributed by atoms with van der Waals surface area (Å²) < 4.78 is 3.20. The van der Waals surface area contributed by atoms with E-state index in [1.54, 1.807) is 11.3 Å². The van der Waals surface area contributed by atoms with Crippen LogP contribution in [-0.4, -0.2) is 38.1 Å². The summed E-state index contributed by atoms with van der Waals surface area (Å²) in [6, 6.07) is 3.88. The molecule has 4 heterocycles. The molecule has 1 aliphatic heterocycles. The molecule has 0 saturated carbocycles. The third-order valence-electron chi connectivity index (χ3n) is 4.96. The van der Waals surface area contributed by atoms with Crippen LogP contribution in [0.1, 0.15) is 26.1 Å². The van der Waals surface area contributed by atoms with E-state index in [0.717, 1.165) is 35.6 Å². The lowest BCUT2D eigenvalue weighted by Crippen LogP contribution is -2.45. The minimum Gasteiger partial charge on any atom is -0.341 e. The number of aromatic nitrogens is 3. The third kappa shape index (κ3) is 2.76. The van der Waals surface area contributed by atoms with Crippen LogP contribution in [0.3, 0.4) is 0 Å². The topological polar surface area (TPSA) is 59.6 Å². The van der Waals surface area contributed by atoms with Crippen molar-refractivity contribution in [1.82, 2.24) is 19.1 Å². The van der Waals surface area contributed by atoms with E-state index in [2.05, 4.69) is 18.9 Å². The van der Waals surface area contributed by atoms with Gasteiger partial charge in [-0.2, -0.15) is 5.10 Å². The maximum absolute atomic E-state index is 12.8. The minimum atomic E-state index is -0.208. The van der Waals surface area contributed by atoms with Crippen molar-refractivity contribution < 1.29 is 4.79 Å². The molecular formula is C18H22N4O2S. The molecule has 3 aromatic rings. The van der Waals surface area contributed by atoms with Gasteiger partial charge in [-0.1, -0.05) is 13.8 Å². The molecule has 2 atom stereocenters. The standard InChI is InChI=1S/C18H22N4O2S/c1-11-6-12(2)9-20(8-11)16(23)10-21-17(24)15-7-14-4-5-25-18(14)22(15)13(3)19-21/h4-5,7,11-12H,6,8-10H2,1-3H3. The van der Waals surface area contributed by atoms with Crippen LogP contribution in [0.25, 0.3) is 15.7 Å². The monoisotopic (exact) mass is 358 g/mol. The van der Waals surface area contributed by atoms with Gasteiger partial charge < -0.3 is 4.90 Å². The fourth-order valence-electron chi connectivity index (χ4n) is 4.00. The van der Waals surface area contributed by atoms with Gasteiger partial charge in [-0.15, -0.1) is 11.3 Å². The van der Waals surface area contributed by atoms with Gasteiger partial charge in [-0.3, -0.25) is 14.0 Å². The number of amides is 1. The number of hydrogen-bond donors (Lipinski definition) is 0. The van der Waals surface area contributed by atoms with Gasteiger partial charge in [0.25, 0.3) is 5.56 Å². The van der Waals surface area contributed by atoms with Crippen LogP contribution in [-0.2, 0) is 11.3 Å². The van der Waals surface area contributed by atoms with Gasteiger partial charge in [-0.25, -0.2) is 4.68 Å². The Kier molecular flexibility index (Phi) is 3.91. The number of piperidine rings is 1. The minimum absolute atomic E-state index is 0.00838. The summed E-state index contributed by atoms with van der Waals surface area (Å²) in [5.74, 6) is 1.70. The second-order valence-electron chi connectivity index (χ2n) is 7.30. The van der Waals surface area contributed by atoms with Crippen molar-refractivity contribution in [3.8, 4) is 0 Å². The Labute approximate surface area is 149 Å². The molecule has 132 valence electrons. The molecule has 4 rings (SSSR count). The maximum atomic E-state index is 12.8. The summed E-state index contributed by atoms with van der Waals surface area (Å²) in [6.45, 7) is 7.75. The number of thiophene rings is 1. The summed E-state index contributed by atoms with van der Waals surface area (Å²) in [5.41, 5.74) is 0.378. The second-order valence-corrected chi connectivity index (χ2v) is 8.20. The fourth-order valence-corrected chi connectivity index (χ4v) is 4.94. The van der Waals surface area contributed by atoms with E-state index >= 15 is 0 Å². The van der Waals surface area contributed by atoms with Crippen LogP contribution in [0.15, 0.2) is 22.3 Å². The van der Waals surface area contributed by atoms with Crippen LogP contribution in [0.4, 0.5) is 0 Å². The average molecular weight is 358 g/mol. The summed E-state index contributed by atoms with van der Waals surface area (Å²) in [4.78, 5) is 28.4. The molecule has 0 spiro atoms. The molecule has 3 aromatic heterocycles. The zero-order valence-corrected chi connectivity index (χ0v) is 15.5. The Hall–Kier alpha value is -2.15. The largest absolute Gasteiger partial charge is 0.341 e. The zero-order valence-electron chi connectivity index (χ0n) is 14.7. The Balaban J connectivity index is 1.68. The van der Waals surface area contributed by atoms with Crippen molar-refractivity contribution in [2.75, 3.05) is 13.1 Å². The van der Waals surface area contributed by atoms with Crippen molar-refractivity contribution in [1.29, 1.82) is 0 Å². The van der Waals surface area contributed by atoms with Crippen molar-refractivity contribution in [3.63, 3.8) is 0 Å². The highest BCUT2D eigenvalue weighted by atomic mass is 32.1. The summed E-state index contributed by atoms with van der Waals surface area (Å²) in [6.07, 6.45) is 1.15. The van der Waals surface area contributed by atoms with E-state index in [0.29, 0.717) is 17.4 Å². The highest BCUT2D eigenvalue weighted by Crippen LogP contribution is 2.24. The predicted octanol–water partition coefficient (Wildman–Crippen LogP) is 2.52. The normalized spacial score (nSPS) is 21.3. The molecule has 1 amide bonds. The van der Waals surface area contributed by atoms with Crippen LogP contribution in [0.5, 0.6) is 0 Å². The van der Waals surface area contributed by atoms with Crippen molar-refractivity contribution >= 4 is 33.0 Å². The number of carbonyl (C=O) groups is 1. The Morgan fingerprint density at radius 2 is 2.04 bits per heavy atom. The number of likely N-dealkylation sites (tertiary alicyclic amines) is 1. The molecule has 0 aliphatic carbocycles. The molecule has 2 unspecified atom stereocenters. The Bertz CT molecular complexity index is 1010. The molecule has 6 nitrogen and oxygen atoms in total. The van der Waals surface area contributed by atoms with E-state index in [4.69, 9.17) is 0 Å². The van der Waals surface area contributed by atoms with Crippen LogP contribution >= 0.6 is 11.3 Å². The van der Waals surface area contributed by atoms with E-state index < -0.39 is 0 Å². The second kappa shape index (κ2) is 5.98. The first kappa shape index (κ1) is 16.3. The highest BCUT2D eigenvalue weighted by molar-refractivity contribution is 7.16. The zero-order chi connectivity index (χ0) is 17.7. The molecule has 0 bridgehead atoms. The Morgan fingerprint density at radius 3 is 2.76 bits per heavy atom. The smallest absolute Gasteiger partial charge is 0.291 e. The first-order valence-corrected chi connectivity index (χ1v) is 9.56. The first-order valence-electron chi connectivity index (χ1n) is 8.68. The number of fused-ring (bicyclic) bond motifs is 3. The summed E-state index contributed by atoms with van der Waals surface area (Å²) in [5, 5.41) is 7.44. The van der Waals surface area contributed by atoms with Gasteiger partial charge in [0.1, 0.15) is 22.7 Å². The van der Waals surface area contributed by atoms with Gasteiger partial charge in [0.05, 0.1) is 0 Å². The maximum Gasteiger partial charge on any atom is 0.291 e. The number of carbonyl (C=O) groups excluding carboxylic acids is 1. The van der Waals surface area contributed by atoms with E-state index in [9.17, 15) is 9.59 Å². The van der Waals surface area contributed by atoms with Crippen LogP contribution in [0.2, 0.25) is 0 Å². The van der Waals surface area contributed by atoms with Crippen molar-refractivity contribution in [2.24, 2.45) is 11.8 Å². The van der Waals surface area contributed by atoms with Gasteiger partial charge in [0.15, 0.2) is 0 Å².